The Morgan fingerprint density at radius 1 is 0.684 bits per heavy atom. The molecule has 0 amide bonds. The summed E-state index contributed by atoms with van der Waals surface area (Å²) in [5, 5.41) is 0. The maximum absolute atomic E-state index is 2.47. The Bertz CT molecular complexity index is 161. The molecule has 0 aromatic heterocycles. The molecular weight excluding hydrogens is 228 g/mol. The van der Waals surface area contributed by atoms with E-state index >= 15 is 0 Å². The normalized spacial score (nSPS) is 14.5. The quantitative estimate of drug-likeness (QED) is 0.292. The lowest BCUT2D eigenvalue weighted by Gasteiger charge is -2.18. The van der Waals surface area contributed by atoms with E-state index in [-0.39, 0.29) is 0 Å². The number of hydrogen-bond acceptors (Lipinski definition) is 0. The van der Waals surface area contributed by atoms with Gasteiger partial charge in [0.2, 0.25) is 0 Å². The summed E-state index contributed by atoms with van der Waals surface area (Å²) >= 11 is 0. The minimum Gasteiger partial charge on any atom is -0.0654 e. The first kappa shape index (κ1) is 19.0. The fourth-order valence-corrected chi connectivity index (χ4v) is 2.82. The van der Waals surface area contributed by atoms with E-state index in [1.54, 1.807) is 0 Å². The van der Waals surface area contributed by atoms with Gasteiger partial charge in [-0.25, -0.2) is 0 Å². The van der Waals surface area contributed by atoms with E-state index in [1.165, 1.54) is 77.0 Å². The second-order valence-electron chi connectivity index (χ2n) is 6.45. The molecule has 0 aromatic carbocycles. The van der Waals surface area contributed by atoms with Crippen LogP contribution in [0.4, 0.5) is 0 Å². The Morgan fingerprint density at radius 2 is 1.16 bits per heavy atom. The van der Waals surface area contributed by atoms with Crippen molar-refractivity contribution >= 4 is 0 Å². The molecule has 0 aliphatic heterocycles. The Morgan fingerprint density at radius 3 is 1.63 bits per heavy atom. The fraction of sp³-hybridized carbons (Fsp3) is 0.947. The lowest BCUT2D eigenvalue weighted by molar-refractivity contribution is 0.381. The third-order valence-corrected chi connectivity index (χ3v) is 4.52. The van der Waals surface area contributed by atoms with Gasteiger partial charge in [0.25, 0.3) is 0 Å². The van der Waals surface area contributed by atoms with Gasteiger partial charge in [-0.3, -0.25) is 0 Å². The SMILES string of the molecule is CC[CH]C(C)C(C)CCCCCCCCCCCC. The highest BCUT2D eigenvalue weighted by molar-refractivity contribution is 4.75. The highest BCUT2D eigenvalue weighted by Gasteiger charge is 2.10. The minimum atomic E-state index is 0.809. The molecule has 2 atom stereocenters. The van der Waals surface area contributed by atoms with E-state index in [0.29, 0.717) is 0 Å². The molecule has 0 heterocycles. The number of hydrogen-bond donors (Lipinski definition) is 0. The van der Waals surface area contributed by atoms with Crippen LogP contribution in [0, 0.1) is 18.3 Å². The summed E-state index contributed by atoms with van der Waals surface area (Å²) in [6.07, 6.45) is 19.6. The van der Waals surface area contributed by atoms with Gasteiger partial charge < -0.3 is 0 Å². The first-order chi connectivity index (χ1) is 9.22. The molecular formula is C19H39. The first-order valence-electron chi connectivity index (χ1n) is 9.05. The molecule has 0 saturated carbocycles. The molecule has 0 N–H and O–H groups in total. The summed E-state index contributed by atoms with van der Waals surface area (Å²) < 4.78 is 0. The van der Waals surface area contributed by atoms with Crippen LogP contribution in [0.15, 0.2) is 0 Å². The van der Waals surface area contributed by atoms with Crippen molar-refractivity contribution < 1.29 is 0 Å². The molecule has 0 saturated heterocycles. The van der Waals surface area contributed by atoms with E-state index in [4.69, 9.17) is 0 Å². The minimum absolute atomic E-state index is 0.809. The van der Waals surface area contributed by atoms with E-state index in [2.05, 4.69) is 34.1 Å². The van der Waals surface area contributed by atoms with Crippen LogP contribution in [0.25, 0.3) is 0 Å². The first-order valence-corrected chi connectivity index (χ1v) is 9.05. The monoisotopic (exact) mass is 267 g/mol. The van der Waals surface area contributed by atoms with Crippen LogP contribution < -0.4 is 0 Å². The van der Waals surface area contributed by atoms with Crippen LogP contribution in [0.2, 0.25) is 0 Å². The lowest BCUT2D eigenvalue weighted by Crippen LogP contribution is -2.08. The summed E-state index contributed by atoms with van der Waals surface area (Å²) in [5.74, 6) is 1.69. The van der Waals surface area contributed by atoms with Crippen LogP contribution in [0.5, 0.6) is 0 Å². The third kappa shape index (κ3) is 12.8. The van der Waals surface area contributed by atoms with E-state index in [1.807, 2.05) is 0 Å². The van der Waals surface area contributed by atoms with Crippen molar-refractivity contribution in [3.8, 4) is 0 Å². The molecule has 1 radical (unpaired) electrons. The van der Waals surface area contributed by atoms with Gasteiger partial charge in [-0.2, -0.15) is 0 Å². The number of unbranched alkanes of at least 4 members (excludes halogenated alkanes) is 9. The van der Waals surface area contributed by atoms with Crippen LogP contribution in [0.3, 0.4) is 0 Å². The van der Waals surface area contributed by atoms with Crippen LogP contribution in [-0.4, -0.2) is 0 Å². The van der Waals surface area contributed by atoms with Gasteiger partial charge in [-0.05, 0) is 18.3 Å². The molecule has 0 fully saturated rings. The van der Waals surface area contributed by atoms with E-state index in [9.17, 15) is 0 Å². The van der Waals surface area contributed by atoms with Gasteiger partial charge in [0.1, 0.15) is 0 Å². The van der Waals surface area contributed by atoms with Crippen molar-refractivity contribution in [3.05, 3.63) is 6.42 Å². The molecule has 0 rings (SSSR count). The van der Waals surface area contributed by atoms with Gasteiger partial charge in [0, 0.05) is 0 Å². The predicted molar refractivity (Wildman–Crippen MR) is 89.4 cm³/mol. The fourth-order valence-electron chi connectivity index (χ4n) is 2.82. The van der Waals surface area contributed by atoms with E-state index < -0.39 is 0 Å². The van der Waals surface area contributed by atoms with Crippen LogP contribution >= 0.6 is 0 Å². The summed E-state index contributed by atoms with van der Waals surface area (Å²) in [6, 6.07) is 0. The molecule has 0 spiro atoms. The second-order valence-corrected chi connectivity index (χ2v) is 6.45. The summed E-state index contributed by atoms with van der Waals surface area (Å²) in [4.78, 5) is 0. The van der Waals surface area contributed by atoms with Gasteiger partial charge in [-0.15, -0.1) is 0 Å². The standard InChI is InChI=1S/C19H39/c1-5-7-8-9-10-11-12-13-14-15-17-19(4)18(3)16-6-2/h16,18-19H,5-15,17H2,1-4H3. The second kappa shape index (κ2) is 14.4. The average molecular weight is 268 g/mol. The van der Waals surface area contributed by atoms with Crippen molar-refractivity contribution in [2.45, 2.75) is 105 Å². The zero-order chi connectivity index (χ0) is 14.3. The molecule has 0 aromatic rings. The Labute approximate surface area is 123 Å². The maximum Gasteiger partial charge on any atom is -0.0358 e. The molecule has 115 valence electrons. The summed E-state index contributed by atoms with van der Waals surface area (Å²) in [5.41, 5.74) is 0. The topological polar surface area (TPSA) is 0 Å². The van der Waals surface area contributed by atoms with Crippen molar-refractivity contribution in [2.75, 3.05) is 0 Å². The van der Waals surface area contributed by atoms with E-state index in [0.717, 1.165) is 11.8 Å². The largest absolute Gasteiger partial charge is 0.0654 e. The van der Waals surface area contributed by atoms with Crippen LogP contribution in [-0.2, 0) is 0 Å². The number of rotatable bonds is 14. The molecule has 0 nitrogen and oxygen atoms in total. The molecule has 0 heteroatoms. The average Bonchev–Trinajstić information content (AvgIpc) is 2.41. The molecule has 2 unspecified atom stereocenters. The third-order valence-electron chi connectivity index (χ3n) is 4.52. The summed E-state index contributed by atoms with van der Waals surface area (Å²) in [6.45, 7) is 9.35. The Kier molecular flexibility index (Phi) is 14.4. The van der Waals surface area contributed by atoms with Gasteiger partial charge in [0.15, 0.2) is 0 Å². The van der Waals surface area contributed by atoms with Gasteiger partial charge in [-0.1, -0.05) is 105 Å². The highest BCUT2D eigenvalue weighted by atomic mass is 14.2. The maximum atomic E-state index is 2.47. The zero-order valence-corrected chi connectivity index (χ0v) is 14.2. The van der Waals surface area contributed by atoms with Gasteiger partial charge >= 0.3 is 0 Å². The Hall–Kier alpha value is 0. The van der Waals surface area contributed by atoms with Crippen LogP contribution in [0.1, 0.15) is 105 Å². The zero-order valence-electron chi connectivity index (χ0n) is 14.2. The predicted octanol–water partition coefficient (Wildman–Crippen LogP) is 7.18. The van der Waals surface area contributed by atoms with Crippen molar-refractivity contribution in [3.63, 3.8) is 0 Å². The highest BCUT2D eigenvalue weighted by Crippen LogP contribution is 2.22. The summed E-state index contributed by atoms with van der Waals surface area (Å²) in [7, 11) is 0. The van der Waals surface area contributed by atoms with Crippen molar-refractivity contribution in [2.24, 2.45) is 11.8 Å². The lowest BCUT2D eigenvalue weighted by atomic mass is 9.87. The molecule has 0 bridgehead atoms. The smallest absolute Gasteiger partial charge is 0.0358 e. The molecule has 19 heavy (non-hydrogen) atoms. The Balaban J connectivity index is 3.18. The molecule has 0 aliphatic carbocycles. The molecule has 0 aliphatic rings. The van der Waals surface area contributed by atoms with Gasteiger partial charge in [0.05, 0.1) is 0 Å². The van der Waals surface area contributed by atoms with Crippen molar-refractivity contribution in [1.82, 2.24) is 0 Å². The van der Waals surface area contributed by atoms with Crippen molar-refractivity contribution in [1.29, 1.82) is 0 Å².